The van der Waals surface area contributed by atoms with E-state index in [-0.39, 0.29) is 23.4 Å². The molecule has 1 N–H and O–H groups in total. The molecular weight excluding hydrogens is 417 g/mol. The van der Waals surface area contributed by atoms with Crippen LogP contribution in [0.25, 0.3) is 11.4 Å². The highest BCUT2D eigenvalue weighted by molar-refractivity contribution is 7.13. The monoisotopic (exact) mass is 427 g/mol. The van der Waals surface area contributed by atoms with Gasteiger partial charge in [0.1, 0.15) is 0 Å². The van der Waals surface area contributed by atoms with E-state index in [1.165, 1.54) is 18.3 Å². The van der Waals surface area contributed by atoms with E-state index in [0.29, 0.717) is 16.3 Å². The van der Waals surface area contributed by atoms with Gasteiger partial charge >= 0.3 is 0 Å². The molecule has 0 radical (unpaired) electrons. The van der Waals surface area contributed by atoms with Crippen molar-refractivity contribution in [2.24, 2.45) is 0 Å². The lowest BCUT2D eigenvalue weighted by Crippen LogP contribution is -2.12. The van der Waals surface area contributed by atoms with Crippen LogP contribution in [0.5, 0.6) is 0 Å². The summed E-state index contributed by atoms with van der Waals surface area (Å²) in [5, 5.41) is 5.48. The number of nitrogens with zero attached hydrogens (tertiary/aromatic N) is 4. The van der Waals surface area contributed by atoms with Crippen LogP contribution in [-0.2, 0) is 3.79 Å². The molecule has 0 bridgehead atoms. The highest BCUT2D eigenvalue weighted by Crippen LogP contribution is 2.37. The Balaban J connectivity index is 2.08. The van der Waals surface area contributed by atoms with Crippen LogP contribution >= 0.6 is 46.1 Å². The third-order valence-electron chi connectivity index (χ3n) is 3.25. The normalized spacial score (nSPS) is 11.4. The molecular formula is C16H12Cl3N5OS. The highest BCUT2D eigenvalue weighted by atomic mass is 35.6. The van der Waals surface area contributed by atoms with Crippen LogP contribution in [0.4, 0.5) is 11.1 Å². The SMILES string of the molecule is CC(=O)c1cccc(-c2nc(Nc3nc(C)cs3)nc(C(Cl)(Cl)Cl)n2)c1. The van der Waals surface area contributed by atoms with Gasteiger partial charge in [0.15, 0.2) is 22.6 Å². The van der Waals surface area contributed by atoms with Crippen molar-refractivity contribution in [2.75, 3.05) is 5.32 Å². The van der Waals surface area contributed by atoms with E-state index in [9.17, 15) is 4.79 Å². The van der Waals surface area contributed by atoms with E-state index in [0.717, 1.165) is 5.69 Å². The number of nitrogens with one attached hydrogen (secondary N) is 1. The molecule has 6 nitrogen and oxygen atoms in total. The first-order valence-electron chi connectivity index (χ1n) is 7.36. The van der Waals surface area contributed by atoms with E-state index in [1.54, 1.807) is 24.3 Å². The Labute approximate surface area is 168 Å². The third-order valence-corrected chi connectivity index (χ3v) is 4.64. The van der Waals surface area contributed by atoms with E-state index in [4.69, 9.17) is 34.8 Å². The Bertz CT molecular complexity index is 971. The van der Waals surface area contributed by atoms with Gasteiger partial charge in [-0.3, -0.25) is 10.1 Å². The molecule has 26 heavy (non-hydrogen) atoms. The minimum absolute atomic E-state index is 0.0310. The molecule has 134 valence electrons. The lowest BCUT2D eigenvalue weighted by atomic mass is 10.1. The number of carbonyl (C=O) groups is 1. The van der Waals surface area contributed by atoms with E-state index in [1.807, 2.05) is 12.3 Å². The molecule has 10 heteroatoms. The molecule has 0 aliphatic heterocycles. The van der Waals surface area contributed by atoms with Crippen molar-refractivity contribution in [3.05, 3.63) is 46.7 Å². The zero-order valence-corrected chi connectivity index (χ0v) is 16.7. The average molecular weight is 429 g/mol. The number of Topliss-reactive ketones (excluding diaryl/α,β-unsaturated/α-hetero) is 1. The molecule has 0 saturated carbocycles. The predicted octanol–water partition coefficient (Wildman–Crippen LogP) is 5.08. The van der Waals surface area contributed by atoms with Crippen molar-refractivity contribution < 1.29 is 4.79 Å². The van der Waals surface area contributed by atoms with Gasteiger partial charge in [-0.25, -0.2) is 9.97 Å². The standard InChI is InChI=1S/C16H12Cl3N5OS/c1-8-7-26-15(20-8)24-14-22-12(21-13(23-14)16(17,18)19)11-5-3-4-10(6-11)9(2)25/h3-7H,1-2H3,(H,20,21,22,23,24). The van der Waals surface area contributed by atoms with Crippen molar-refractivity contribution >= 4 is 63.0 Å². The van der Waals surface area contributed by atoms with Gasteiger partial charge in [-0.05, 0) is 19.9 Å². The number of aromatic nitrogens is 4. The number of benzene rings is 1. The number of ketones is 1. The highest BCUT2D eigenvalue weighted by Gasteiger charge is 2.28. The van der Waals surface area contributed by atoms with Gasteiger partial charge in [0.2, 0.25) is 9.74 Å². The maximum atomic E-state index is 11.6. The van der Waals surface area contributed by atoms with Crippen LogP contribution in [0.2, 0.25) is 0 Å². The number of carbonyl (C=O) groups excluding carboxylic acids is 1. The molecule has 0 fully saturated rings. The zero-order valence-electron chi connectivity index (χ0n) is 13.6. The van der Waals surface area contributed by atoms with Crippen molar-refractivity contribution in [3.8, 4) is 11.4 Å². The van der Waals surface area contributed by atoms with Crippen LogP contribution in [0.1, 0.15) is 28.8 Å². The molecule has 1 aromatic carbocycles. The Morgan fingerprint density at radius 2 is 1.92 bits per heavy atom. The van der Waals surface area contributed by atoms with Gasteiger partial charge in [-0.2, -0.15) is 9.97 Å². The fourth-order valence-corrected chi connectivity index (χ4v) is 3.01. The van der Waals surface area contributed by atoms with E-state index >= 15 is 0 Å². The van der Waals surface area contributed by atoms with Gasteiger partial charge in [0.25, 0.3) is 0 Å². The number of alkyl halides is 3. The summed E-state index contributed by atoms with van der Waals surface area (Å²) in [5.74, 6) is 0.370. The summed E-state index contributed by atoms with van der Waals surface area (Å²) in [4.78, 5) is 28.7. The first kappa shape index (κ1) is 19.0. The van der Waals surface area contributed by atoms with Crippen molar-refractivity contribution in [3.63, 3.8) is 0 Å². The molecule has 3 rings (SSSR count). The fourth-order valence-electron chi connectivity index (χ4n) is 2.07. The topological polar surface area (TPSA) is 80.7 Å². The van der Waals surface area contributed by atoms with E-state index < -0.39 is 3.79 Å². The summed E-state index contributed by atoms with van der Waals surface area (Å²) < 4.78 is -1.83. The summed E-state index contributed by atoms with van der Waals surface area (Å²) in [6.45, 7) is 3.36. The molecule has 0 aliphatic rings. The maximum Gasteiger partial charge on any atom is 0.250 e. The Morgan fingerprint density at radius 3 is 2.54 bits per heavy atom. The van der Waals surface area contributed by atoms with Crippen molar-refractivity contribution in [1.82, 2.24) is 19.9 Å². The molecule has 3 aromatic rings. The number of anilines is 2. The number of hydrogen-bond acceptors (Lipinski definition) is 7. The maximum absolute atomic E-state index is 11.6. The second kappa shape index (κ2) is 7.44. The predicted molar refractivity (Wildman–Crippen MR) is 105 cm³/mol. The molecule has 2 heterocycles. The quantitative estimate of drug-likeness (QED) is 0.461. The van der Waals surface area contributed by atoms with Crippen LogP contribution in [0, 0.1) is 6.92 Å². The summed E-state index contributed by atoms with van der Waals surface area (Å²) in [5.41, 5.74) is 2.00. The Kier molecular flexibility index (Phi) is 5.43. The second-order valence-electron chi connectivity index (χ2n) is 5.36. The largest absolute Gasteiger partial charge is 0.300 e. The van der Waals surface area contributed by atoms with Crippen LogP contribution < -0.4 is 5.32 Å². The second-order valence-corrected chi connectivity index (χ2v) is 8.50. The Morgan fingerprint density at radius 1 is 1.15 bits per heavy atom. The number of thiazole rings is 1. The Hall–Kier alpha value is -1.80. The van der Waals surface area contributed by atoms with Gasteiger partial charge in [0, 0.05) is 16.5 Å². The number of hydrogen-bond donors (Lipinski definition) is 1. The molecule has 0 aliphatic carbocycles. The minimum Gasteiger partial charge on any atom is -0.300 e. The number of halogens is 3. The molecule has 0 atom stereocenters. The molecule has 0 amide bonds. The molecule has 0 spiro atoms. The van der Waals surface area contributed by atoms with Gasteiger partial charge < -0.3 is 0 Å². The minimum atomic E-state index is -1.83. The third kappa shape index (κ3) is 4.48. The number of rotatable bonds is 4. The van der Waals surface area contributed by atoms with Crippen molar-refractivity contribution in [1.29, 1.82) is 0 Å². The van der Waals surface area contributed by atoms with Crippen molar-refractivity contribution in [2.45, 2.75) is 17.6 Å². The summed E-state index contributed by atoms with van der Waals surface area (Å²) in [7, 11) is 0. The van der Waals surface area contributed by atoms with Gasteiger partial charge in [0.05, 0.1) is 5.69 Å². The fraction of sp³-hybridized carbons (Fsp3) is 0.188. The summed E-state index contributed by atoms with van der Waals surface area (Å²) in [6, 6.07) is 6.89. The average Bonchev–Trinajstić information content (AvgIpc) is 2.98. The van der Waals surface area contributed by atoms with Crippen LogP contribution in [-0.4, -0.2) is 25.7 Å². The molecule has 0 unspecified atom stereocenters. The van der Waals surface area contributed by atoms with Gasteiger partial charge in [-0.1, -0.05) is 53.0 Å². The van der Waals surface area contributed by atoms with Crippen LogP contribution in [0.15, 0.2) is 29.6 Å². The van der Waals surface area contributed by atoms with Crippen LogP contribution in [0.3, 0.4) is 0 Å². The molecule has 0 saturated heterocycles. The zero-order chi connectivity index (χ0) is 18.9. The first-order valence-corrected chi connectivity index (χ1v) is 9.37. The first-order chi connectivity index (χ1) is 12.2. The summed E-state index contributed by atoms with van der Waals surface area (Å²) >= 11 is 19.3. The summed E-state index contributed by atoms with van der Waals surface area (Å²) in [6.07, 6.45) is 0. The lowest BCUT2D eigenvalue weighted by molar-refractivity contribution is 0.101. The van der Waals surface area contributed by atoms with E-state index in [2.05, 4.69) is 25.3 Å². The van der Waals surface area contributed by atoms with Gasteiger partial charge in [-0.15, -0.1) is 11.3 Å². The number of aryl methyl sites for hydroxylation is 1. The lowest BCUT2D eigenvalue weighted by Gasteiger charge is -2.12. The smallest absolute Gasteiger partial charge is 0.250 e. The molecule has 2 aromatic heterocycles.